The molecule has 1 aliphatic carbocycles. The molecule has 6 heteroatoms. The number of ketones is 1. The standard InChI is InChI=1S/C22H25N3O3/c26-22(17-4-2-1-3-5-17)18-8-9-20(21(14-18)25(27)28)23-19-10-12-24(13-11-19)15-16-6-7-16/h1-5,8-9,14,16,19,23H,6-7,10-13,15H2. The van der Waals surface area contributed by atoms with Crippen molar-refractivity contribution in [3.8, 4) is 0 Å². The van der Waals surface area contributed by atoms with Crippen LogP contribution in [0.1, 0.15) is 41.6 Å². The molecule has 1 saturated heterocycles. The molecule has 1 aliphatic heterocycles. The Labute approximate surface area is 164 Å². The smallest absolute Gasteiger partial charge is 0.293 e. The molecule has 0 atom stereocenters. The minimum Gasteiger partial charge on any atom is -0.377 e. The summed E-state index contributed by atoms with van der Waals surface area (Å²) in [6.45, 7) is 3.27. The van der Waals surface area contributed by atoms with Gasteiger partial charge in [-0.05, 0) is 43.7 Å². The van der Waals surface area contributed by atoms with Gasteiger partial charge in [0.15, 0.2) is 5.78 Å². The number of nitrogens with one attached hydrogen (secondary N) is 1. The number of anilines is 1. The number of nitrogens with zero attached hydrogens (tertiary/aromatic N) is 2. The summed E-state index contributed by atoms with van der Waals surface area (Å²) in [6, 6.07) is 13.8. The second-order valence-corrected chi connectivity index (χ2v) is 7.85. The van der Waals surface area contributed by atoms with E-state index in [-0.39, 0.29) is 17.5 Å². The highest BCUT2D eigenvalue weighted by Gasteiger charge is 2.28. The topological polar surface area (TPSA) is 75.5 Å². The fourth-order valence-electron chi connectivity index (χ4n) is 3.85. The average molecular weight is 379 g/mol. The van der Waals surface area contributed by atoms with E-state index in [9.17, 15) is 14.9 Å². The van der Waals surface area contributed by atoms with Gasteiger partial charge in [0, 0.05) is 42.9 Å². The van der Waals surface area contributed by atoms with Crippen LogP contribution in [0.5, 0.6) is 0 Å². The third-order valence-electron chi connectivity index (χ3n) is 5.65. The Morgan fingerprint density at radius 2 is 1.75 bits per heavy atom. The number of rotatable bonds is 7. The van der Waals surface area contributed by atoms with Crippen molar-refractivity contribution >= 4 is 17.2 Å². The quantitative estimate of drug-likeness (QED) is 0.445. The minimum absolute atomic E-state index is 0.0396. The van der Waals surface area contributed by atoms with E-state index in [0.717, 1.165) is 31.8 Å². The maximum absolute atomic E-state index is 12.6. The predicted octanol–water partition coefficient (Wildman–Crippen LogP) is 4.11. The maximum Gasteiger partial charge on any atom is 0.293 e. The normalized spacial score (nSPS) is 18.0. The van der Waals surface area contributed by atoms with Crippen molar-refractivity contribution in [1.82, 2.24) is 4.90 Å². The Morgan fingerprint density at radius 3 is 2.39 bits per heavy atom. The van der Waals surface area contributed by atoms with Crippen molar-refractivity contribution in [1.29, 1.82) is 0 Å². The van der Waals surface area contributed by atoms with Gasteiger partial charge in [-0.1, -0.05) is 30.3 Å². The molecule has 0 spiro atoms. The SMILES string of the molecule is O=C(c1ccccc1)c1ccc(NC2CCN(CC3CC3)CC2)c([N+](=O)[O-])c1. The van der Waals surface area contributed by atoms with Gasteiger partial charge in [-0.3, -0.25) is 14.9 Å². The van der Waals surface area contributed by atoms with Crippen LogP contribution < -0.4 is 5.32 Å². The molecule has 2 fully saturated rings. The second kappa shape index (κ2) is 8.10. The van der Waals surface area contributed by atoms with Crippen LogP contribution in [0, 0.1) is 16.0 Å². The number of hydrogen-bond donors (Lipinski definition) is 1. The third-order valence-corrected chi connectivity index (χ3v) is 5.65. The lowest BCUT2D eigenvalue weighted by Crippen LogP contribution is -2.40. The first kappa shape index (κ1) is 18.6. The summed E-state index contributed by atoms with van der Waals surface area (Å²) in [6.07, 6.45) is 4.68. The summed E-state index contributed by atoms with van der Waals surface area (Å²) < 4.78 is 0. The molecule has 0 radical (unpaired) electrons. The molecule has 0 unspecified atom stereocenters. The van der Waals surface area contributed by atoms with Gasteiger partial charge in [-0.25, -0.2) is 0 Å². The van der Waals surface area contributed by atoms with Crippen LogP contribution in [-0.2, 0) is 0 Å². The number of likely N-dealkylation sites (tertiary alicyclic amines) is 1. The lowest BCUT2D eigenvalue weighted by molar-refractivity contribution is -0.384. The Morgan fingerprint density at radius 1 is 1.04 bits per heavy atom. The first-order chi connectivity index (χ1) is 13.6. The Kier molecular flexibility index (Phi) is 5.39. The monoisotopic (exact) mass is 379 g/mol. The van der Waals surface area contributed by atoms with Crippen LogP contribution in [0.4, 0.5) is 11.4 Å². The fourth-order valence-corrected chi connectivity index (χ4v) is 3.85. The number of nitro groups is 1. The van der Waals surface area contributed by atoms with Gasteiger partial charge in [0.05, 0.1) is 4.92 Å². The summed E-state index contributed by atoms with van der Waals surface area (Å²) in [7, 11) is 0. The van der Waals surface area contributed by atoms with Gasteiger partial charge in [-0.2, -0.15) is 0 Å². The largest absolute Gasteiger partial charge is 0.377 e. The number of carbonyl (C=O) groups excluding carboxylic acids is 1. The van der Waals surface area contributed by atoms with E-state index in [1.54, 1.807) is 36.4 Å². The molecular formula is C22H25N3O3. The summed E-state index contributed by atoms with van der Waals surface area (Å²) in [5.74, 6) is 0.684. The van der Waals surface area contributed by atoms with Crippen LogP contribution in [-0.4, -0.2) is 41.3 Å². The molecule has 146 valence electrons. The zero-order valence-electron chi connectivity index (χ0n) is 15.8. The molecule has 2 aliphatic rings. The highest BCUT2D eigenvalue weighted by Crippen LogP contribution is 2.32. The minimum atomic E-state index is -0.410. The van der Waals surface area contributed by atoms with E-state index in [4.69, 9.17) is 0 Å². The van der Waals surface area contributed by atoms with Gasteiger partial charge >= 0.3 is 0 Å². The van der Waals surface area contributed by atoms with Crippen molar-refractivity contribution < 1.29 is 9.72 Å². The maximum atomic E-state index is 12.6. The summed E-state index contributed by atoms with van der Waals surface area (Å²) in [5, 5.41) is 14.9. The zero-order valence-corrected chi connectivity index (χ0v) is 15.8. The van der Waals surface area contributed by atoms with E-state index < -0.39 is 4.92 Å². The molecule has 28 heavy (non-hydrogen) atoms. The van der Waals surface area contributed by atoms with Crippen molar-refractivity contribution in [2.45, 2.75) is 31.7 Å². The number of nitro benzene ring substituents is 1. The fraction of sp³-hybridized carbons (Fsp3) is 0.409. The second-order valence-electron chi connectivity index (χ2n) is 7.85. The van der Waals surface area contributed by atoms with Gasteiger partial charge in [0.25, 0.3) is 5.69 Å². The van der Waals surface area contributed by atoms with Crippen molar-refractivity contribution in [2.24, 2.45) is 5.92 Å². The lowest BCUT2D eigenvalue weighted by atomic mass is 10.0. The average Bonchev–Trinajstić information content (AvgIpc) is 3.54. The van der Waals surface area contributed by atoms with Crippen LogP contribution in [0.25, 0.3) is 0 Å². The molecule has 2 aromatic rings. The molecule has 1 heterocycles. The molecule has 4 rings (SSSR count). The van der Waals surface area contributed by atoms with E-state index in [0.29, 0.717) is 16.8 Å². The zero-order chi connectivity index (χ0) is 19.5. The highest BCUT2D eigenvalue weighted by molar-refractivity contribution is 6.09. The molecule has 1 N–H and O–H groups in total. The third kappa shape index (κ3) is 4.39. The first-order valence-electron chi connectivity index (χ1n) is 9.97. The Balaban J connectivity index is 1.45. The predicted molar refractivity (Wildman–Crippen MR) is 109 cm³/mol. The molecular weight excluding hydrogens is 354 g/mol. The van der Waals surface area contributed by atoms with Gasteiger partial charge in [-0.15, -0.1) is 0 Å². The van der Waals surface area contributed by atoms with E-state index in [1.807, 2.05) is 6.07 Å². The molecule has 0 amide bonds. The molecule has 6 nitrogen and oxygen atoms in total. The van der Waals surface area contributed by atoms with Crippen LogP contribution >= 0.6 is 0 Å². The van der Waals surface area contributed by atoms with Crippen molar-refractivity contribution in [3.63, 3.8) is 0 Å². The lowest BCUT2D eigenvalue weighted by Gasteiger charge is -2.32. The van der Waals surface area contributed by atoms with Gasteiger partial charge in [0.2, 0.25) is 0 Å². The molecule has 2 aromatic carbocycles. The molecule has 1 saturated carbocycles. The van der Waals surface area contributed by atoms with Gasteiger partial charge in [0.1, 0.15) is 5.69 Å². The number of hydrogen-bond acceptors (Lipinski definition) is 5. The van der Waals surface area contributed by atoms with E-state index in [2.05, 4.69) is 10.2 Å². The van der Waals surface area contributed by atoms with Crippen LogP contribution in [0.3, 0.4) is 0 Å². The highest BCUT2D eigenvalue weighted by atomic mass is 16.6. The van der Waals surface area contributed by atoms with Crippen LogP contribution in [0.2, 0.25) is 0 Å². The van der Waals surface area contributed by atoms with Crippen LogP contribution in [0.15, 0.2) is 48.5 Å². The van der Waals surface area contributed by atoms with E-state index >= 15 is 0 Å². The van der Waals surface area contributed by atoms with E-state index in [1.165, 1.54) is 25.5 Å². The summed E-state index contributed by atoms with van der Waals surface area (Å²) in [4.78, 5) is 26.3. The van der Waals surface area contributed by atoms with Crippen molar-refractivity contribution in [3.05, 3.63) is 69.8 Å². The number of benzene rings is 2. The summed E-state index contributed by atoms with van der Waals surface area (Å²) >= 11 is 0. The van der Waals surface area contributed by atoms with Crippen molar-refractivity contribution in [2.75, 3.05) is 25.0 Å². The number of piperidine rings is 1. The number of carbonyl (C=O) groups is 1. The summed E-state index contributed by atoms with van der Waals surface area (Å²) in [5.41, 5.74) is 1.32. The molecule has 0 aromatic heterocycles. The Hall–Kier alpha value is -2.73. The first-order valence-corrected chi connectivity index (χ1v) is 9.97. The Bertz CT molecular complexity index is 857. The molecule has 0 bridgehead atoms. The van der Waals surface area contributed by atoms with Gasteiger partial charge < -0.3 is 10.2 Å².